The lowest BCUT2D eigenvalue weighted by molar-refractivity contribution is -0.153. The number of carbonyl (C=O) groups excluding carboxylic acids is 1. The number of hydrogen-bond donors (Lipinski definition) is 0. The Morgan fingerprint density at radius 2 is 1.77 bits per heavy atom. The molecule has 0 heterocycles. The minimum absolute atomic E-state index is 0.0213. The quantitative estimate of drug-likeness (QED) is 0.313. The maximum atomic E-state index is 12.4. The number of methoxy groups -OCH3 is 1. The second-order valence-electron chi connectivity index (χ2n) is 7.38. The second-order valence-corrected chi connectivity index (χ2v) is 7.38. The van der Waals surface area contributed by atoms with Crippen LogP contribution in [0.1, 0.15) is 19.3 Å². The number of ether oxygens (including phenoxy) is 3. The first-order valence-corrected chi connectivity index (χ1v) is 8.71. The van der Waals surface area contributed by atoms with Crippen molar-refractivity contribution in [2.75, 3.05) is 33.5 Å². The fourth-order valence-corrected chi connectivity index (χ4v) is 5.84. The summed E-state index contributed by atoms with van der Waals surface area (Å²) < 4.78 is 15.7. The van der Waals surface area contributed by atoms with Gasteiger partial charge in [-0.25, -0.2) is 0 Å². The number of rotatable bonds is 7. The standard InChI is InChI=1S/C18H26O4/c1-20-4-5-21-6-7-22-18(19)15-10-13-9-14(15)17-12-3-2-11(8-12)16(13)17/h2-3,11-17H,4-10H2,1H3. The van der Waals surface area contributed by atoms with Gasteiger partial charge in [-0.05, 0) is 54.8 Å². The number of hydrogen-bond acceptors (Lipinski definition) is 4. The first-order valence-electron chi connectivity index (χ1n) is 8.71. The van der Waals surface area contributed by atoms with E-state index < -0.39 is 0 Å². The van der Waals surface area contributed by atoms with Crippen LogP contribution in [0.2, 0.25) is 0 Å². The molecular weight excluding hydrogens is 280 g/mol. The molecule has 3 fully saturated rings. The van der Waals surface area contributed by atoms with Crippen molar-refractivity contribution < 1.29 is 19.0 Å². The van der Waals surface area contributed by atoms with Crippen LogP contribution in [0.15, 0.2) is 12.2 Å². The zero-order valence-corrected chi connectivity index (χ0v) is 13.3. The monoisotopic (exact) mass is 306 g/mol. The highest BCUT2D eigenvalue weighted by molar-refractivity contribution is 5.73. The molecule has 4 heteroatoms. The average Bonchev–Trinajstić information content (AvgIpc) is 3.28. The lowest BCUT2D eigenvalue weighted by atomic mass is 9.69. The molecule has 3 saturated carbocycles. The summed E-state index contributed by atoms with van der Waals surface area (Å²) in [6, 6.07) is 0. The van der Waals surface area contributed by atoms with Crippen molar-refractivity contribution in [2.45, 2.75) is 19.3 Å². The third kappa shape index (κ3) is 2.31. The lowest BCUT2D eigenvalue weighted by Crippen LogP contribution is -2.35. The van der Waals surface area contributed by atoms with Crippen LogP contribution in [0.25, 0.3) is 0 Å². The Kier molecular flexibility index (Phi) is 3.99. The van der Waals surface area contributed by atoms with Crippen molar-refractivity contribution in [3.8, 4) is 0 Å². The van der Waals surface area contributed by atoms with Crippen molar-refractivity contribution in [2.24, 2.45) is 41.4 Å². The highest BCUT2D eigenvalue weighted by Gasteiger charge is 2.62. The summed E-state index contributed by atoms with van der Waals surface area (Å²) in [5.41, 5.74) is 0. The molecule has 4 rings (SSSR count). The summed E-state index contributed by atoms with van der Waals surface area (Å²) in [6.45, 7) is 1.98. The number of fused-ring (bicyclic) bond motifs is 9. The Morgan fingerprint density at radius 1 is 1.00 bits per heavy atom. The summed E-state index contributed by atoms with van der Waals surface area (Å²) in [7, 11) is 1.65. The minimum atomic E-state index is 0.0213. The third-order valence-corrected chi connectivity index (χ3v) is 6.48. The smallest absolute Gasteiger partial charge is 0.309 e. The van der Waals surface area contributed by atoms with Crippen LogP contribution in [-0.2, 0) is 19.0 Å². The number of allylic oxidation sites excluding steroid dienone is 2. The van der Waals surface area contributed by atoms with E-state index in [0.29, 0.717) is 32.3 Å². The van der Waals surface area contributed by atoms with Gasteiger partial charge in [0.05, 0.1) is 25.7 Å². The molecule has 0 radical (unpaired) electrons. The molecule has 22 heavy (non-hydrogen) atoms. The Hall–Kier alpha value is -0.870. The van der Waals surface area contributed by atoms with Crippen molar-refractivity contribution in [1.82, 2.24) is 0 Å². The first kappa shape index (κ1) is 14.7. The van der Waals surface area contributed by atoms with E-state index in [9.17, 15) is 4.79 Å². The van der Waals surface area contributed by atoms with Gasteiger partial charge < -0.3 is 14.2 Å². The average molecular weight is 306 g/mol. The van der Waals surface area contributed by atoms with Gasteiger partial charge in [0.15, 0.2) is 0 Å². The van der Waals surface area contributed by atoms with E-state index in [1.165, 1.54) is 12.8 Å². The van der Waals surface area contributed by atoms with Crippen molar-refractivity contribution in [1.29, 1.82) is 0 Å². The van der Waals surface area contributed by atoms with Gasteiger partial charge in [-0.15, -0.1) is 0 Å². The van der Waals surface area contributed by atoms with E-state index in [-0.39, 0.29) is 11.9 Å². The fourth-order valence-electron chi connectivity index (χ4n) is 5.84. The third-order valence-electron chi connectivity index (χ3n) is 6.48. The second kappa shape index (κ2) is 5.97. The fraction of sp³-hybridized carbons (Fsp3) is 0.833. The molecule has 4 aliphatic carbocycles. The molecule has 0 aromatic rings. The van der Waals surface area contributed by atoms with E-state index in [1.807, 2.05) is 0 Å². The largest absolute Gasteiger partial charge is 0.463 e. The van der Waals surface area contributed by atoms with Crippen LogP contribution < -0.4 is 0 Å². The SMILES string of the molecule is COCCOCCOC(=O)C1CC2CC1C1C3C=CC(C3)C21. The van der Waals surface area contributed by atoms with Crippen molar-refractivity contribution >= 4 is 5.97 Å². The van der Waals surface area contributed by atoms with Gasteiger partial charge in [-0.2, -0.15) is 0 Å². The van der Waals surface area contributed by atoms with Crippen LogP contribution in [0.3, 0.4) is 0 Å². The van der Waals surface area contributed by atoms with Gasteiger partial charge in [-0.1, -0.05) is 12.2 Å². The van der Waals surface area contributed by atoms with Crippen molar-refractivity contribution in [3.63, 3.8) is 0 Å². The molecular formula is C18H26O4. The highest BCUT2D eigenvalue weighted by atomic mass is 16.6. The van der Waals surface area contributed by atoms with Gasteiger partial charge in [0.2, 0.25) is 0 Å². The van der Waals surface area contributed by atoms with Gasteiger partial charge in [0, 0.05) is 7.11 Å². The molecule has 0 amide bonds. The van der Waals surface area contributed by atoms with Crippen LogP contribution in [0, 0.1) is 41.4 Å². The van der Waals surface area contributed by atoms with E-state index in [0.717, 1.165) is 36.0 Å². The van der Waals surface area contributed by atoms with Gasteiger partial charge >= 0.3 is 5.97 Å². The molecule has 7 atom stereocenters. The maximum Gasteiger partial charge on any atom is 0.309 e. The van der Waals surface area contributed by atoms with Crippen LogP contribution >= 0.6 is 0 Å². The molecule has 7 unspecified atom stereocenters. The number of carbonyl (C=O) groups is 1. The Morgan fingerprint density at radius 3 is 2.59 bits per heavy atom. The predicted molar refractivity (Wildman–Crippen MR) is 81.1 cm³/mol. The van der Waals surface area contributed by atoms with Gasteiger partial charge in [0.1, 0.15) is 6.61 Å². The summed E-state index contributed by atoms with van der Waals surface area (Å²) in [6.07, 6.45) is 8.52. The zero-order chi connectivity index (χ0) is 15.1. The normalized spacial score (nSPS) is 43.8. The van der Waals surface area contributed by atoms with Crippen molar-refractivity contribution in [3.05, 3.63) is 12.2 Å². The molecule has 4 aliphatic rings. The van der Waals surface area contributed by atoms with E-state index in [4.69, 9.17) is 14.2 Å². The minimum Gasteiger partial charge on any atom is -0.463 e. The highest BCUT2D eigenvalue weighted by Crippen LogP contribution is 2.67. The predicted octanol–water partition coefficient (Wildman–Crippen LogP) is 2.29. The summed E-state index contributed by atoms with van der Waals surface area (Å²) in [5, 5.41) is 0. The molecule has 4 bridgehead atoms. The van der Waals surface area contributed by atoms with E-state index in [2.05, 4.69) is 12.2 Å². The maximum absolute atomic E-state index is 12.4. The summed E-state index contributed by atoms with van der Waals surface area (Å²) in [5.74, 6) is 4.73. The Labute approximate surface area is 132 Å². The van der Waals surface area contributed by atoms with Crippen LogP contribution in [0.4, 0.5) is 0 Å². The van der Waals surface area contributed by atoms with E-state index in [1.54, 1.807) is 7.11 Å². The van der Waals surface area contributed by atoms with Crippen LogP contribution in [-0.4, -0.2) is 39.5 Å². The molecule has 0 N–H and O–H groups in total. The molecule has 0 aliphatic heterocycles. The Bertz CT molecular complexity index is 460. The molecule has 122 valence electrons. The molecule has 0 saturated heterocycles. The molecule has 0 spiro atoms. The Balaban J connectivity index is 1.26. The molecule has 0 aromatic heterocycles. The molecule has 0 aromatic carbocycles. The lowest BCUT2D eigenvalue weighted by Gasteiger charge is -2.35. The topological polar surface area (TPSA) is 44.8 Å². The zero-order valence-electron chi connectivity index (χ0n) is 13.3. The van der Waals surface area contributed by atoms with Gasteiger partial charge in [-0.3, -0.25) is 4.79 Å². The summed E-state index contributed by atoms with van der Waals surface area (Å²) in [4.78, 5) is 12.4. The summed E-state index contributed by atoms with van der Waals surface area (Å²) >= 11 is 0. The van der Waals surface area contributed by atoms with Crippen LogP contribution in [0.5, 0.6) is 0 Å². The molecule has 4 nitrogen and oxygen atoms in total. The first-order chi connectivity index (χ1) is 10.8. The van der Waals surface area contributed by atoms with E-state index >= 15 is 0 Å². The number of esters is 1. The van der Waals surface area contributed by atoms with Gasteiger partial charge in [0.25, 0.3) is 0 Å².